The zero-order valence-electron chi connectivity index (χ0n) is 16.4. The second-order valence-corrected chi connectivity index (χ2v) is 6.74. The van der Waals surface area contributed by atoms with E-state index in [0.29, 0.717) is 19.5 Å². The van der Waals surface area contributed by atoms with Gasteiger partial charge in [0, 0.05) is 23.9 Å². The van der Waals surface area contributed by atoms with E-state index >= 15 is 0 Å². The van der Waals surface area contributed by atoms with E-state index in [1.165, 1.54) is 16.5 Å². The zero-order chi connectivity index (χ0) is 20.0. The molecule has 27 heavy (non-hydrogen) atoms. The molecule has 2 rings (SSSR count). The van der Waals surface area contributed by atoms with Gasteiger partial charge in [0.2, 0.25) is 5.91 Å². The van der Waals surface area contributed by atoms with Gasteiger partial charge in [0.25, 0.3) is 6.43 Å². The fourth-order valence-electron chi connectivity index (χ4n) is 2.96. The number of carbonyl (C=O) groups excluding carboxylic acids is 1. The summed E-state index contributed by atoms with van der Waals surface area (Å²) in [6, 6.07) is 8.26. The Morgan fingerprint density at radius 2 is 1.89 bits per heavy atom. The number of hydrogen-bond acceptors (Lipinski definition) is 2. The Bertz CT molecular complexity index is 795. The van der Waals surface area contributed by atoms with Crippen molar-refractivity contribution < 1.29 is 13.6 Å². The van der Waals surface area contributed by atoms with Crippen molar-refractivity contribution in [3.8, 4) is 0 Å². The molecule has 0 aliphatic heterocycles. The lowest BCUT2D eigenvalue weighted by molar-refractivity contribution is -0.127. The molecule has 4 nitrogen and oxygen atoms in total. The Labute approximate surface area is 159 Å². The maximum absolute atomic E-state index is 12.7. The van der Waals surface area contributed by atoms with E-state index in [9.17, 15) is 13.6 Å². The van der Waals surface area contributed by atoms with Crippen molar-refractivity contribution in [1.29, 1.82) is 0 Å². The fraction of sp³-hybridized carbons (Fsp3) is 0.429. The van der Waals surface area contributed by atoms with Gasteiger partial charge >= 0.3 is 0 Å². The second kappa shape index (κ2) is 9.44. The molecule has 6 heteroatoms. The molecule has 0 fully saturated rings. The zero-order valence-corrected chi connectivity index (χ0v) is 16.4. The van der Waals surface area contributed by atoms with E-state index in [1.54, 1.807) is 6.08 Å². The summed E-state index contributed by atoms with van der Waals surface area (Å²) in [4.78, 5) is 13.5. The van der Waals surface area contributed by atoms with Crippen molar-refractivity contribution in [2.24, 2.45) is 0 Å². The smallest absolute Gasteiger partial charge is 0.255 e. The van der Waals surface area contributed by atoms with Gasteiger partial charge in [-0.25, -0.2) is 8.78 Å². The minimum atomic E-state index is -2.53. The van der Waals surface area contributed by atoms with Gasteiger partial charge in [0.15, 0.2) is 0 Å². The summed E-state index contributed by atoms with van der Waals surface area (Å²) in [5.74, 6) is -0.401. The number of halogens is 2. The highest BCUT2D eigenvalue weighted by Gasteiger charge is 2.16. The van der Waals surface area contributed by atoms with Crippen LogP contribution < -0.4 is 0 Å². The van der Waals surface area contributed by atoms with Gasteiger partial charge in [-0.15, -0.1) is 0 Å². The number of hydrogen-bond donors (Lipinski definition) is 0. The second-order valence-electron chi connectivity index (χ2n) is 6.74. The molecule has 0 unspecified atom stereocenters. The van der Waals surface area contributed by atoms with Crippen LogP contribution in [0.1, 0.15) is 41.4 Å². The third-order valence-corrected chi connectivity index (χ3v) is 4.45. The first-order valence-corrected chi connectivity index (χ1v) is 9.16. The number of carbonyl (C=O) groups is 1. The molecule has 1 aromatic carbocycles. The molecular weight excluding hydrogens is 348 g/mol. The number of benzene rings is 1. The third kappa shape index (κ3) is 5.74. The van der Waals surface area contributed by atoms with Crippen molar-refractivity contribution >= 4 is 12.0 Å². The van der Waals surface area contributed by atoms with Crippen LogP contribution in [0.5, 0.6) is 0 Å². The average molecular weight is 375 g/mol. The van der Waals surface area contributed by atoms with Gasteiger partial charge in [0.05, 0.1) is 18.8 Å². The largest absolute Gasteiger partial charge is 0.333 e. The molecule has 1 heterocycles. The number of amides is 1. The summed E-state index contributed by atoms with van der Waals surface area (Å²) in [6.45, 7) is 8.15. The van der Waals surface area contributed by atoms with Crippen LogP contribution in [0.3, 0.4) is 0 Å². The van der Waals surface area contributed by atoms with Crippen molar-refractivity contribution in [2.75, 3.05) is 13.1 Å². The predicted molar refractivity (Wildman–Crippen MR) is 104 cm³/mol. The maximum atomic E-state index is 12.7. The lowest BCUT2D eigenvalue weighted by atomic mass is 10.1. The lowest BCUT2D eigenvalue weighted by Crippen LogP contribution is -2.34. The number of aromatic nitrogens is 2. The number of rotatable bonds is 8. The SMILES string of the molecule is CCCN(CC(F)F)C(=O)/C=C/c1c(C)nn(Cc2ccc(C)cc2)c1C. The van der Waals surface area contributed by atoms with E-state index in [4.69, 9.17) is 0 Å². The molecule has 0 aliphatic rings. The van der Waals surface area contributed by atoms with Gasteiger partial charge in [-0.3, -0.25) is 9.48 Å². The first-order chi connectivity index (χ1) is 12.8. The molecule has 0 spiro atoms. The summed E-state index contributed by atoms with van der Waals surface area (Å²) < 4.78 is 27.2. The van der Waals surface area contributed by atoms with Crippen molar-refractivity contribution in [3.63, 3.8) is 0 Å². The number of nitrogens with zero attached hydrogens (tertiary/aromatic N) is 3. The van der Waals surface area contributed by atoms with Crippen LogP contribution in [0.25, 0.3) is 6.08 Å². The molecule has 1 aromatic heterocycles. The summed E-state index contributed by atoms with van der Waals surface area (Å²) in [5, 5.41) is 4.56. The van der Waals surface area contributed by atoms with Crippen molar-refractivity contribution in [2.45, 2.75) is 47.1 Å². The normalized spacial score (nSPS) is 11.5. The van der Waals surface area contributed by atoms with Crippen LogP contribution in [-0.2, 0) is 11.3 Å². The Morgan fingerprint density at radius 3 is 2.48 bits per heavy atom. The molecule has 0 atom stereocenters. The quantitative estimate of drug-likeness (QED) is 0.643. The van der Waals surface area contributed by atoms with E-state index < -0.39 is 18.9 Å². The molecular formula is C21H27F2N3O. The standard InChI is InChI=1S/C21H27F2N3O/c1-5-12-25(14-20(22)23)21(27)11-10-19-16(3)24-26(17(19)4)13-18-8-6-15(2)7-9-18/h6-11,20H,5,12-14H2,1-4H3/b11-10+. The minimum absolute atomic E-state index is 0.318. The first kappa shape index (κ1) is 20.8. The molecule has 0 bridgehead atoms. The van der Waals surface area contributed by atoms with E-state index in [1.807, 2.05) is 32.4 Å². The van der Waals surface area contributed by atoms with Crippen LogP contribution >= 0.6 is 0 Å². The number of alkyl halides is 2. The molecule has 0 saturated carbocycles. The monoisotopic (exact) mass is 375 g/mol. The van der Waals surface area contributed by atoms with Gasteiger partial charge in [-0.05, 0) is 38.8 Å². The van der Waals surface area contributed by atoms with E-state index in [-0.39, 0.29) is 0 Å². The minimum Gasteiger partial charge on any atom is -0.333 e. The topological polar surface area (TPSA) is 38.1 Å². The van der Waals surface area contributed by atoms with Crippen LogP contribution in [0.15, 0.2) is 30.3 Å². The molecule has 146 valence electrons. The van der Waals surface area contributed by atoms with Crippen LogP contribution in [0, 0.1) is 20.8 Å². The molecule has 0 N–H and O–H groups in total. The molecule has 0 aliphatic carbocycles. The van der Waals surface area contributed by atoms with Crippen LogP contribution in [0.2, 0.25) is 0 Å². The average Bonchev–Trinajstić information content (AvgIpc) is 2.87. The summed E-state index contributed by atoms with van der Waals surface area (Å²) >= 11 is 0. The van der Waals surface area contributed by atoms with Crippen LogP contribution in [-0.4, -0.2) is 40.1 Å². The highest BCUT2D eigenvalue weighted by molar-refractivity contribution is 5.92. The Kier molecular flexibility index (Phi) is 7.28. The van der Waals surface area contributed by atoms with Gasteiger partial charge < -0.3 is 4.90 Å². The first-order valence-electron chi connectivity index (χ1n) is 9.16. The van der Waals surface area contributed by atoms with E-state index in [2.05, 4.69) is 29.4 Å². The maximum Gasteiger partial charge on any atom is 0.255 e. The highest BCUT2D eigenvalue weighted by atomic mass is 19.3. The van der Waals surface area contributed by atoms with Crippen molar-refractivity contribution in [1.82, 2.24) is 14.7 Å². The molecule has 0 saturated heterocycles. The molecule has 2 aromatic rings. The molecule has 0 radical (unpaired) electrons. The molecule has 1 amide bonds. The van der Waals surface area contributed by atoms with Gasteiger partial charge in [0.1, 0.15) is 0 Å². The third-order valence-electron chi connectivity index (χ3n) is 4.45. The van der Waals surface area contributed by atoms with Gasteiger partial charge in [-0.1, -0.05) is 36.8 Å². The van der Waals surface area contributed by atoms with Crippen molar-refractivity contribution in [3.05, 3.63) is 58.4 Å². The Balaban J connectivity index is 2.16. The predicted octanol–water partition coefficient (Wildman–Crippen LogP) is 4.37. The summed E-state index contributed by atoms with van der Waals surface area (Å²) in [5.41, 5.74) is 4.94. The highest BCUT2D eigenvalue weighted by Crippen LogP contribution is 2.17. The summed E-state index contributed by atoms with van der Waals surface area (Å²) in [7, 11) is 0. The van der Waals surface area contributed by atoms with Gasteiger partial charge in [-0.2, -0.15) is 5.10 Å². The lowest BCUT2D eigenvalue weighted by Gasteiger charge is -2.19. The summed E-state index contributed by atoms with van der Waals surface area (Å²) in [6.07, 6.45) is 1.15. The Hall–Kier alpha value is -2.50. The van der Waals surface area contributed by atoms with Crippen LogP contribution in [0.4, 0.5) is 8.78 Å². The fourth-order valence-corrected chi connectivity index (χ4v) is 2.96. The van der Waals surface area contributed by atoms with E-state index in [0.717, 1.165) is 22.5 Å². The Morgan fingerprint density at radius 1 is 1.22 bits per heavy atom. The number of aryl methyl sites for hydroxylation is 2.